The molecule has 1 aromatic heterocycles. The van der Waals surface area contributed by atoms with Gasteiger partial charge in [-0.2, -0.15) is 5.10 Å². The van der Waals surface area contributed by atoms with Crippen molar-refractivity contribution >= 4 is 11.6 Å². The lowest BCUT2D eigenvalue weighted by molar-refractivity contribution is 0.102. The molecule has 0 aliphatic heterocycles. The van der Waals surface area contributed by atoms with Crippen molar-refractivity contribution in [3.63, 3.8) is 0 Å². The number of ether oxygens (including phenoxy) is 1. The Hall–Kier alpha value is -3.08. The highest BCUT2D eigenvalue weighted by Gasteiger charge is 2.12. The van der Waals surface area contributed by atoms with Gasteiger partial charge in [-0.15, -0.1) is 0 Å². The number of carbonyl (C=O) groups is 1. The zero-order valence-electron chi connectivity index (χ0n) is 13.9. The van der Waals surface area contributed by atoms with Crippen LogP contribution in [0, 0.1) is 13.8 Å². The maximum absolute atomic E-state index is 12.6. The zero-order chi connectivity index (χ0) is 17.1. The molecule has 2 aromatic carbocycles. The van der Waals surface area contributed by atoms with E-state index in [9.17, 15) is 4.79 Å². The Morgan fingerprint density at radius 3 is 2.58 bits per heavy atom. The molecule has 1 N–H and O–H groups in total. The summed E-state index contributed by atoms with van der Waals surface area (Å²) in [7, 11) is 1.58. The summed E-state index contributed by atoms with van der Waals surface area (Å²) in [5, 5.41) is 7.45. The predicted molar refractivity (Wildman–Crippen MR) is 94.0 cm³/mol. The number of hydrogen-bond donors (Lipinski definition) is 1. The van der Waals surface area contributed by atoms with Crippen LogP contribution < -0.4 is 10.1 Å². The molecule has 1 heterocycles. The van der Waals surface area contributed by atoms with Gasteiger partial charge >= 0.3 is 0 Å². The lowest BCUT2D eigenvalue weighted by Gasteiger charge is -2.12. The number of amides is 1. The van der Waals surface area contributed by atoms with Crippen molar-refractivity contribution in [2.24, 2.45) is 0 Å². The normalized spacial score (nSPS) is 10.5. The molecular weight excluding hydrogens is 302 g/mol. The molecule has 0 fully saturated rings. The summed E-state index contributed by atoms with van der Waals surface area (Å²) in [5.74, 6) is 0.456. The van der Waals surface area contributed by atoms with Crippen LogP contribution in [0.4, 0.5) is 5.69 Å². The van der Waals surface area contributed by atoms with Gasteiger partial charge in [0, 0.05) is 11.3 Å². The molecule has 0 atom stereocenters. The largest absolute Gasteiger partial charge is 0.497 e. The highest BCUT2D eigenvalue weighted by atomic mass is 16.5. The van der Waals surface area contributed by atoms with Crippen LogP contribution in [0.25, 0.3) is 5.69 Å². The molecule has 0 aliphatic rings. The number of carbonyl (C=O) groups excluding carboxylic acids is 1. The molecule has 0 spiro atoms. The fourth-order valence-corrected chi connectivity index (χ4v) is 2.60. The number of rotatable bonds is 4. The number of nitrogens with one attached hydrogen (secondary N) is 1. The number of aryl methyl sites for hydroxylation is 2. The van der Waals surface area contributed by atoms with Crippen LogP contribution in [0.2, 0.25) is 0 Å². The zero-order valence-corrected chi connectivity index (χ0v) is 13.9. The number of aromatic nitrogens is 2. The van der Waals surface area contributed by atoms with Crippen LogP contribution >= 0.6 is 0 Å². The van der Waals surface area contributed by atoms with Crippen LogP contribution in [-0.4, -0.2) is 22.8 Å². The summed E-state index contributed by atoms with van der Waals surface area (Å²) >= 11 is 0. The number of anilines is 1. The molecule has 122 valence electrons. The van der Waals surface area contributed by atoms with E-state index in [1.54, 1.807) is 31.4 Å². The van der Waals surface area contributed by atoms with Crippen LogP contribution in [-0.2, 0) is 0 Å². The predicted octanol–water partition coefficient (Wildman–Crippen LogP) is 3.75. The Labute approximate surface area is 140 Å². The minimum atomic E-state index is -0.192. The lowest BCUT2D eigenvalue weighted by atomic mass is 10.2. The van der Waals surface area contributed by atoms with Crippen molar-refractivity contribution < 1.29 is 9.53 Å². The number of methoxy groups -OCH3 is 1. The first-order valence-electron chi connectivity index (χ1n) is 7.66. The van der Waals surface area contributed by atoms with Crippen molar-refractivity contribution in [2.45, 2.75) is 13.8 Å². The van der Waals surface area contributed by atoms with E-state index in [0.29, 0.717) is 17.0 Å². The van der Waals surface area contributed by atoms with Crippen molar-refractivity contribution in [1.82, 2.24) is 9.78 Å². The third kappa shape index (κ3) is 3.15. The highest BCUT2D eigenvalue weighted by Crippen LogP contribution is 2.23. The molecule has 24 heavy (non-hydrogen) atoms. The van der Waals surface area contributed by atoms with Gasteiger partial charge in [-0.05, 0) is 50.2 Å². The molecule has 0 aliphatic carbocycles. The summed E-state index contributed by atoms with van der Waals surface area (Å²) in [4.78, 5) is 12.6. The number of nitrogens with zero attached hydrogens (tertiary/aromatic N) is 2. The van der Waals surface area contributed by atoms with E-state index in [1.165, 1.54) is 0 Å². The molecule has 0 unspecified atom stereocenters. The molecule has 3 aromatic rings. The first-order valence-corrected chi connectivity index (χ1v) is 7.66. The number of hydrogen-bond acceptors (Lipinski definition) is 3. The van der Waals surface area contributed by atoms with Gasteiger partial charge in [0.2, 0.25) is 0 Å². The fourth-order valence-electron chi connectivity index (χ4n) is 2.60. The van der Waals surface area contributed by atoms with Crippen LogP contribution in [0.15, 0.2) is 54.6 Å². The quantitative estimate of drug-likeness (QED) is 0.796. The lowest BCUT2D eigenvalue weighted by Crippen LogP contribution is -2.14. The van der Waals surface area contributed by atoms with Crippen LogP contribution in [0.3, 0.4) is 0 Å². The van der Waals surface area contributed by atoms with E-state index in [0.717, 1.165) is 17.1 Å². The molecular formula is C19H19N3O2. The van der Waals surface area contributed by atoms with E-state index >= 15 is 0 Å². The van der Waals surface area contributed by atoms with Crippen LogP contribution in [0.1, 0.15) is 21.7 Å². The van der Waals surface area contributed by atoms with E-state index in [-0.39, 0.29) is 5.91 Å². The van der Waals surface area contributed by atoms with Crippen molar-refractivity contribution in [2.75, 3.05) is 12.4 Å². The van der Waals surface area contributed by atoms with E-state index in [1.807, 2.05) is 48.9 Å². The third-order valence-corrected chi connectivity index (χ3v) is 3.72. The number of benzene rings is 2. The first kappa shape index (κ1) is 15.8. The van der Waals surface area contributed by atoms with Gasteiger partial charge in [-0.1, -0.05) is 18.2 Å². The summed E-state index contributed by atoms with van der Waals surface area (Å²) in [6.07, 6.45) is 0. The Morgan fingerprint density at radius 2 is 1.88 bits per heavy atom. The minimum Gasteiger partial charge on any atom is -0.497 e. The van der Waals surface area contributed by atoms with Crippen molar-refractivity contribution in [1.29, 1.82) is 0 Å². The summed E-state index contributed by atoms with van der Waals surface area (Å²) in [6.45, 7) is 3.93. The third-order valence-electron chi connectivity index (χ3n) is 3.72. The molecule has 1 amide bonds. The second kappa shape index (κ2) is 6.58. The average Bonchev–Trinajstić information content (AvgIpc) is 2.93. The second-order valence-electron chi connectivity index (χ2n) is 5.54. The molecule has 5 heteroatoms. The Kier molecular flexibility index (Phi) is 4.33. The maximum atomic E-state index is 12.6. The molecule has 3 rings (SSSR count). The van der Waals surface area contributed by atoms with Gasteiger partial charge in [0.05, 0.1) is 24.2 Å². The molecule has 0 bridgehead atoms. The standard InChI is InChI=1S/C19H19N3O2/c1-13-11-14(2)22(21-13)18-10-5-4-9-17(18)20-19(23)15-7-6-8-16(12-15)24-3/h4-12H,1-3H3,(H,20,23). The van der Waals surface area contributed by atoms with Gasteiger partial charge < -0.3 is 10.1 Å². The summed E-state index contributed by atoms with van der Waals surface area (Å²) in [6, 6.07) is 16.7. The Morgan fingerprint density at radius 1 is 1.08 bits per heavy atom. The monoisotopic (exact) mass is 321 g/mol. The van der Waals surface area contributed by atoms with E-state index < -0.39 is 0 Å². The molecule has 0 saturated heterocycles. The summed E-state index contributed by atoms with van der Waals surface area (Å²) in [5.41, 5.74) is 4.02. The molecule has 0 saturated carbocycles. The fraction of sp³-hybridized carbons (Fsp3) is 0.158. The number of para-hydroxylation sites is 2. The van der Waals surface area contributed by atoms with Gasteiger partial charge in [-0.3, -0.25) is 4.79 Å². The second-order valence-corrected chi connectivity index (χ2v) is 5.54. The Balaban J connectivity index is 1.93. The smallest absolute Gasteiger partial charge is 0.255 e. The van der Waals surface area contributed by atoms with Gasteiger partial charge in [0.25, 0.3) is 5.91 Å². The summed E-state index contributed by atoms with van der Waals surface area (Å²) < 4.78 is 7.00. The van der Waals surface area contributed by atoms with E-state index in [4.69, 9.17) is 4.74 Å². The SMILES string of the molecule is COc1cccc(C(=O)Nc2ccccc2-n2nc(C)cc2C)c1. The van der Waals surface area contributed by atoms with E-state index in [2.05, 4.69) is 10.4 Å². The minimum absolute atomic E-state index is 0.192. The van der Waals surface area contributed by atoms with Gasteiger partial charge in [0.15, 0.2) is 0 Å². The maximum Gasteiger partial charge on any atom is 0.255 e. The molecule has 0 radical (unpaired) electrons. The Bertz CT molecular complexity index is 884. The first-order chi connectivity index (χ1) is 11.6. The van der Waals surface area contributed by atoms with Crippen LogP contribution in [0.5, 0.6) is 5.75 Å². The molecule has 5 nitrogen and oxygen atoms in total. The van der Waals surface area contributed by atoms with Crippen molar-refractivity contribution in [3.8, 4) is 11.4 Å². The average molecular weight is 321 g/mol. The topological polar surface area (TPSA) is 56.1 Å². The highest BCUT2D eigenvalue weighted by molar-refractivity contribution is 6.05. The van der Waals surface area contributed by atoms with Crippen molar-refractivity contribution in [3.05, 3.63) is 71.5 Å². The van der Waals surface area contributed by atoms with Gasteiger partial charge in [-0.25, -0.2) is 4.68 Å². The van der Waals surface area contributed by atoms with Gasteiger partial charge in [0.1, 0.15) is 5.75 Å².